The van der Waals surface area contributed by atoms with Gasteiger partial charge < -0.3 is 0 Å². The first-order valence-corrected chi connectivity index (χ1v) is 2.35. The fourth-order valence-corrected chi connectivity index (χ4v) is 0. The second kappa shape index (κ2) is 9.12. The Hall–Kier alpha value is -0.440. The normalized spacial score (nSPS) is 5.43. The molecule has 0 aliphatic carbocycles. The largest absolute Gasteiger partial charge is 0.335 e. The van der Waals surface area contributed by atoms with Gasteiger partial charge in [-0.2, -0.15) is 8.42 Å². The van der Waals surface area contributed by atoms with Gasteiger partial charge in [-0.1, -0.05) is 5.57 Å². The molecule has 0 rings (SSSR count). The molecular formula is C4H8O2S. The second-order valence-corrected chi connectivity index (χ2v) is 1.41. The van der Waals surface area contributed by atoms with Gasteiger partial charge in [0, 0.05) is 0 Å². The van der Waals surface area contributed by atoms with E-state index in [1.807, 2.05) is 13.8 Å². The van der Waals surface area contributed by atoms with E-state index in [0.29, 0.717) is 0 Å². The smallest absolute Gasteiger partial charge is 0.168 e. The van der Waals surface area contributed by atoms with Crippen molar-refractivity contribution in [2.24, 2.45) is 0 Å². The van der Waals surface area contributed by atoms with Crippen LogP contribution in [0.5, 0.6) is 0 Å². The molecule has 42 valence electrons. The summed E-state index contributed by atoms with van der Waals surface area (Å²) < 4.78 is 16.6. The van der Waals surface area contributed by atoms with Gasteiger partial charge in [0.15, 0.2) is 0 Å². The van der Waals surface area contributed by atoms with Crippen LogP contribution in [-0.4, -0.2) is 8.42 Å². The van der Waals surface area contributed by atoms with Crippen molar-refractivity contribution in [3.63, 3.8) is 0 Å². The summed E-state index contributed by atoms with van der Waals surface area (Å²) in [5, 5.41) is 0. The van der Waals surface area contributed by atoms with Gasteiger partial charge >= 0.3 is 11.6 Å². The first kappa shape index (κ1) is 9.75. The van der Waals surface area contributed by atoms with Crippen molar-refractivity contribution in [3.8, 4) is 0 Å². The van der Waals surface area contributed by atoms with Crippen molar-refractivity contribution in [2.45, 2.75) is 13.8 Å². The fraction of sp³-hybridized carbons (Fsp3) is 0.500. The average molecular weight is 120 g/mol. The third kappa shape index (κ3) is 364. The maximum atomic E-state index is 8.29. The number of rotatable bonds is 0. The van der Waals surface area contributed by atoms with E-state index in [-0.39, 0.29) is 0 Å². The highest BCUT2D eigenvalue weighted by molar-refractivity contribution is 7.51. The summed E-state index contributed by atoms with van der Waals surface area (Å²) in [6, 6.07) is 0. The molecule has 0 saturated carbocycles. The van der Waals surface area contributed by atoms with Crippen LogP contribution in [0, 0.1) is 0 Å². The van der Waals surface area contributed by atoms with E-state index in [2.05, 4.69) is 6.58 Å². The van der Waals surface area contributed by atoms with Crippen LogP contribution in [0.1, 0.15) is 13.8 Å². The van der Waals surface area contributed by atoms with Gasteiger partial charge in [0.05, 0.1) is 0 Å². The van der Waals surface area contributed by atoms with Gasteiger partial charge in [0.1, 0.15) is 0 Å². The molecule has 0 amide bonds. The summed E-state index contributed by atoms with van der Waals surface area (Å²) in [5.41, 5.74) is 1.17. The Bertz CT molecular complexity index is 77.7. The van der Waals surface area contributed by atoms with E-state index in [9.17, 15) is 0 Å². The molecule has 0 heterocycles. The van der Waals surface area contributed by atoms with Crippen LogP contribution in [0.2, 0.25) is 0 Å². The van der Waals surface area contributed by atoms with Crippen LogP contribution < -0.4 is 0 Å². The molecule has 0 N–H and O–H groups in total. The molecule has 0 atom stereocenters. The van der Waals surface area contributed by atoms with Crippen molar-refractivity contribution in [1.29, 1.82) is 0 Å². The minimum atomic E-state index is -0.750. The van der Waals surface area contributed by atoms with Crippen molar-refractivity contribution >= 4 is 11.6 Å². The maximum Gasteiger partial charge on any atom is 0.335 e. The van der Waals surface area contributed by atoms with Crippen molar-refractivity contribution in [1.82, 2.24) is 0 Å². The van der Waals surface area contributed by atoms with Gasteiger partial charge in [-0.05, 0) is 13.8 Å². The first-order valence-electron chi connectivity index (χ1n) is 1.69. The van der Waals surface area contributed by atoms with Crippen LogP contribution in [0.4, 0.5) is 0 Å². The lowest BCUT2D eigenvalue weighted by molar-refractivity contribution is 0.630. The Labute approximate surface area is 46.8 Å². The number of allylic oxidation sites excluding steroid dienone is 1. The Morgan fingerprint density at radius 3 is 1.43 bits per heavy atom. The third-order valence-electron chi connectivity index (χ3n) is 0. The monoisotopic (exact) mass is 120 g/mol. The molecular weight excluding hydrogens is 112 g/mol. The summed E-state index contributed by atoms with van der Waals surface area (Å²) in [6.45, 7) is 7.50. The van der Waals surface area contributed by atoms with Crippen LogP contribution in [0.25, 0.3) is 0 Å². The van der Waals surface area contributed by atoms with E-state index in [1.54, 1.807) is 0 Å². The predicted octanol–water partition coefficient (Wildman–Crippen LogP) is 0.912. The predicted molar refractivity (Wildman–Crippen MR) is 29.4 cm³/mol. The Morgan fingerprint density at radius 2 is 1.43 bits per heavy atom. The minimum Gasteiger partial charge on any atom is -0.168 e. The number of hydrogen-bond acceptors (Lipinski definition) is 2. The molecule has 0 aromatic carbocycles. The zero-order valence-electron chi connectivity index (χ0n) is 4.43. The summed E-state index contributed by atoms with van der Waals surface area (Å²) in [7, 11) is 0. The molecule has 0 aromatic rings. The quantitative estimate of drug-likeness (QED) is 0.445. The lowest BCUT2D eigenvalue weighted by atomic mass is 10.4. The molecule has 3 heteroatoms. The zero-order valence-corrected chi connectivity index (χ0v) is 5.25. The van der Waals surface area contributed by atoms with Crippen molar-refractivity contribution in [2.75, 3.05) is 0 Å². The Balaban J connectivity index is 0. The summed E-state index contributed by atoms with van der Waals surface area (Å²) in [5.74, 6) is 0. The van der Waals surface area contributed by atoms with Crippen LogP contribution in [-0.2, 0) is 11.6 Å². The highest BCUT2D eigenvalue weighted by atomic mass is 32.1. The van der Waals surface area contributed by atoms with Crippen LogP contribution in [0.15, 0.2) is 12.2 Å². The molecule has 0 aliphatic heterocycles. The van der Waals surface area contributed by atoms with E-state index >= 15 is 0 Å². The molecule has 2 nitrogen and oxygen atoms in total. The van der Waals surface area contributed by atoms with Gasteiger partial charge in [0.25, 0.3) is 0 Å². The molecule has 0 unspecified atom stereocenters. The topological polar surface area (TPSA) is 34.1 Å². The molecule has 0 bridgehead atoms. The van der Waals surface area contributed by atoms with Gasteiger partial charge in [-0.25, -0.2) is 0 Å². The first-order chi connectivity index (χ1) is 3.15. The lowest BCUT2D eigenvalue weighted by Crippen LogP contribution is -1.43. The average Bonchev–Trinajstić information content (AvgIpc) is 1.33. The molecule has 7 heavy (non-hydrogen) atoms. The molecule has 0 saturated heterocycles. The van der Waals surface area contributed by atoms with E-state index in [0.717, 1.165) is 0 Å². The summed E-state index contributed by atoms with van der Waals surface area (Å²) >= 11 is -0.750. The van der Waals surface area contributed by atoms with Gasteiger partial charge in [-0.3, -0.25) is 0 Å². The standard InChI is InChI=1S/C4H8.O2S/c1-4(2)3;1-3-2/h1H2,2-3H3;. The molecule has 0 aromatic heterocycles. The lowest BCUT2D eigenvalue weighted by Gasteiger charge is -1.65. The van der Waals surface area contributed by atoms with E-state index < -0.39 is 11.6 Å². The zero-order chi connectivity index (χ0) is 6.28. The SMILES string of the molecule is C=C(C)C.O=S=O. The van der Waals surface area contributed by atoms with Crippen LogP contribution in [0.3, 0.4) is 0 Å². The fourth-order valence-electron chi connectivity index (χ4n) is 0. The third-order valence-corrected chi connectivity index (χ3v) is 0. The second-order valence-electron chi connectivity index (χ2n) is 1.28. The summed E-state index contributed by atoms with van der Waals surface area (Å²) in [4.78, 5) is 0. The molecule has 0 spiro atoms. The Morgan fingerprint density at radius 1 is 1.43 bits per heavy atom. The highest BCUT2D eigenvalue weighted by Crippen LogP contribution is 1.73. The molecule has 0 aliphatic rings. The van der Waals surface area contributed by atoms with Crippen molar-refractivity contribution < 1.29 is 8.42 Å². The highest BCUT2D eigenvalue weighted by Gasteiger charge is 1.51. The maximum absolute atomic E-state index is 8.29. The minimum absolute atomic E-state index is 0.750. The van der Waals surface area contributed by atoms with Gasteiger partial charge in [-0.15, -0.1) is 6.58 Å². The van der Waals surface area contributed by atoms with Crippen molar-refractivity contribution in [3.05, 3.63) is 12.2 Å². The molecule has 0 fully saturated rings. The van der Waals surface area contributed by atoms with E-state index in [1.165, 1.54) is 5.57 Å². The van der Waals surface area contributed by atoms with E-state index in [4.69, 9.17) is 8.42 Å². The summed E-state index contributed by atoms with van der Waals surface area (Å²) in [6.07, 6.45) is 0. The van der Waals surface area contributed by atoms with Crippen LogP contribution >= 0.6 is 0 Å². The molecule has 0 radical (unpaired) electrons. The Kier molecular flexibility index (Phi) is 12.7. The van der Waals surface area contributed by atoms with Gasteiger partial charge in [0.2, 0.25) is 0 Å². The number of hydrogen-bond donors (Lipinski definition) is 0.